The molecule has 0 aliphatic rings. The molecule has 3 aromatic rings. The Labute approximate surface area is 135 Å². The smallest absolute Gasteiger partial charge is 0.313 e. The maximum absolute atomic E-state index is 12.1. The summed E-state index contributed by atoms with van der Waals surface area (Å²) in [6, 6.07) is 14.9. The van der Waals surface area contributed by atoms with Gasteiger partial charge in [-0.2, -0.15) is 0 Å². The molecule has 0 atom stereocenters. The van der Waals surface area contributed by atoms with E-state index in [4.69, 9.17) is 4.42 Å². The second kappa shape index (κ2) is 6.11. The molecule has 1 aromatic heterocycles. The van der Waals surface area contributed by atoms with Crippen LogP contribution in [-0.4, -0.2) is 16.1 Å². The third kappa shape index (κ3) is 3.07. The molecule has 0 bridgehead atoms. The molecule has 1 amide bonds. The number of hydrogen-bond acceptors (Lipinski definition) is 4. The summed E-state index contributed by atoms with van der Waals surface area (Å²) in [5.74, 6) is -0.207. The zero-order valence-electron chi connectivity index (χ0n) is 11.7. The number of carbonyl (C=O) groups is 1. The van der Waals surface area contributed by atoms with Crippen LogP contribution < -0.4 is 5.32 Å². The van der Waals surface area contributed by atoms with E-state index in [2.05, 4.69) is 31.4 Å². The molecule has 2 aromatic carbocycles. The van der Waals surface area contributed by atoms with E-state index in [0.717, 1.165) is 15.6 Å². The number of aryl methyl sites for hydroxylation is 1. The molecule has 22 heavy (non-hydrogen) atoms. The molecule has 5 nitrogen and oxygen atoms in total. The Kier molecular flexibility index (Phi) is 4.02. The van der Waals surface area contributed by atoms with Crippen LogP contribution in [0, 0.1) is 6.92 Å². The van der Waals surface area contributed by atoms with Crippen molar-refractivity contribution in [3.8, 4) is 11.5 Å². The van der Waals surface area contributed by atoms with Crippen LogP contribution in [-0.2, 0) is 0 Å². The number of para-hydroxylation sites is 1. The first-order chi connectivity index (χ1) is 10.6. The highest BCUT2D eigenvalue weighted by atomic mass is 79.9. The lowest BCUT2D eigenvalue weighted by molar-refractivity contribution is 0.0991. The highest BCUT2D eigenvalue weighted by Crippen LogP contribution is 2.23. The van der Waals surface area contributed by atoms with Gasteiger partial charge in [0.1, 0.15) is 0 Å². The van der Waals surface area contributed by atoms with Gasteiger partial charge in [0.25, 0.3) is 0 Å². The summed E-state index contributed by atoms with van der Waals surface area (Å²) < 4.78 is 6.21. The van der Waals surface area contributed by atoms with Crippen molar-refractivity contribution in [3.05, 3.63) is 64.5 Å². The fourth-order valence-corrected chi connectivity index (χ4v) is 2.25. The lowest BCUT2D eigenvalue weighted by Gasteiger charge is -2.03. The van der Waals surface area contributed by atoms with Crippen LogP contribution in [0.25, 0.3) is 11.5 Å². The van der Waals surface area contributed by atoms with E-state index in [0.29, 0.717) is 11.6 Å². The van der Waals surface area contributed by atoms with Crippen molar-refractivity contribution in [2.24, 2.45) is 0 Å². The van der Waals surface area contributed by atoms with E-state index >= 15 is 0 Å². The van der Waals surface area contributed by atoms with Gasteiger partial charge in [-0.15, -0.1) is 10.2 Å². The average Bonchev–Trinajstić information content (AvgIpc) is 3.00. The van der Waals surface area contributed by atoms with Gasteiger partial charge in [-0.25, -0.2) is 0 Å². The van der Waals surface area contributed by atoms with Gasteiger partial charge in [0, 0.05) is 10.0 Å². The van der Waals surface area contributed by atoms with Gasteiger partial charge in [0.2, 0.25) is 5.89 Å². The van der Waals surface area contributed by atoms with E-state index in [1.165, 1.54) is 0 Å². The number of rotatable bonds is 3. The Morgan fingerprint density at radius 1 is 1.09 bits per heavy atom. The number of hydrogen-bond donors (Lipinski definition) is 1. The van der Waals surface area contributed by atoms with Crippen LogP contribution in [0.3, 0.4) is 0 Å². The molecule has 0 saturated heterocycles. The Hall–Kier alpha value is -2.47. The summed E-state index contributed by atoms with van der Waals surface area (Å²) in [4.78, 5) is 12.1. The summed E-state index contributed by atoms with van der Waals surface area (Å²) in [6.07, 6.45) is 0. The average molecular weight is 358 g/mol. The zero-order valence-corrected chi connectivity index (χ0v) is 13.3. The number of nitrogens with zero attached hydrogens (tertiary/aromatic N) is 2. The number of amides is 1. The van der Waals surface area contributed by atoms with Crippen LogP contribution >= 0.6 is 15.9 Å². The number of halogens is 1. The molecule has 1 N–H and O–H groups in total. The van der Waals surface area contributed by atoms with Gasteiger partial charge in [0.05, 0.1) is 5.69 Å². The number of nitrogens with one attached hydrogen (secondary N) is 1. The van der Waals surface area contributed by atoms with Crippen molar-refractivity contribution < 1.29 is 9.21 Å². The second-order valence-electron chi connectivity index (χ2n) is 4.71. The normalized spacial score (nSPS) is 10.5. The highest BCUT2D eigenvalue weighted by molar-refractivity contribution is 9.10. The number of benzene rings is 2. The summed E-state index contributed by atoms with van der Waals surface area (Å²) in [5.41, 5.74) is 2.55. The first-order valence-electron chi connectivity index (χ1n) is 6.60. The minimum Gasteiger partial charge on any atom is -0.412 e. The first kappa shape index (κ1) is 14.5. The molecule has 0 unspecified atom stereocenters. The molecule has 1 heterocycles. The lowest BCUT2D eigenvalue weighted by atomic mass is 10.1. The van der Waals surface area contributed by atoms with Crippen LogP contribution in [0.15, 0.2) is 57.4 Å². The number of carbonyl (C=O) groups excluding carboxylic acids is 1. The highest BCUT2D eigenvalue weighted by Gasteiger charge is 2.16. The van der Waals surface area contributed by atoms with Crippen LogP contribution in [0.1, 0.15) is 16.2 Å². The molecule has 0 aliphatic heterocycles. The van der Waals surface area contributed by atoms with Gasteiger partial charge >= 0.3 is 11.8 Å². The third-order valence-electron chi connectivity index (χ3n) is 3.04. The predicted octanol–water partition coefficient (Wildman–Crippen LogP) is 4.06. The van der Waals surface area contributed by atoms with Crippen LogP contribution in [0.2, 0.25) is 0 Å². The van der Waals surface area contributed by atoms with Gasteiger partial charge in [-0.3, -0.25) is 4.79 Å². The van der Waals surface area contributed by atoms with Crippen molar-refractivity contribution in [2.75, 3.05) is 5.32 Å². The molecule has 0 spiro atoms. The monoisotopic (exact) mass is 357 g/mol. The van der Waals surface area contributed by atoms with Crippen LogP contribution in [0.5, 0.6) is 0 Å². The Bertz CT molecular complexity index is 812. The summed E-state index contributed by atoms with van der Waals surface area (Å²) in [7, 11) is 0. The largest absolute Gasteiger partial charge is 0.412 e. The van der Waals surface area contributed by atoms with Gasteiger partial charge in [-0.05, 0) is 47.1 Å². The van der Waals surface area contributed by atoms with Crippen molar-refractivity contribution in [2.45, 2.75) is 6.92 Å². The van der Waals surface area contributed by atoms with E-state index in [9.17, 15) is 4.79 Å². The maximum atomic E-state index is 12.1. The molecule has 6 heteroatoms. The lowest BCUT2D eigenvalue weighted by Crippen LogP contribution is -2.12. The van der Waals surface area contributed by atoms with E-state index in [-0.39, 0.29) is 5.89 Å². The summed E-state index contributed by atoms with van der Waals surface area (Å²) in [5, 5.41) is 10.4. The van der Waals surface area contributed by atoms with Crippen molar-refractivity contribution in [1.29, 1.82) is 0 Å². The topological polar surface area (TPSA) is 68.0 Å². The molecule has 110 valence electrons. The van der Waals surface area contributed by atoms with E-state index in [1.807, 2.05) is 49.4 Å². The van der Waals surface area contributed by atoms with Crippen molar-refractivity contribution in [3.63, 3.8) is 0 Å². The SMILES string of the molecule is Cc1ccc(-c2nnc(C(=O)Nc3ccccc3Br)o2)cc1. The molecule has 0 fully saturated rings. The van der Waals surface area contributed by atoms with E-state index in [1.54, 1.807) is 6.07 Å². The zero-order chi connectivity index (χ0) is 15.5. The van der Waals surface area contributed by atoms with E-state index < -0.39 is 5.91 Å². The first-order valence-corrected chi connectivity index (χ1v) is 7.39. The van der Waals surface area contributed by atoms with Crippen LogP contribution in [0.4, 0.5) is 5.69 Å². The number of aromatic nitrogens is 2. The summed E-state index contributed by atoms with van der Waals surface area (Å²) >= 11 is 3.36. The van der Waals surface area contributed by atoms with Gasteiger partial charge < -0.3 is 9.73 Å². The van der Waals surface area contributed by atoms with Crippen molar-refractivity contribution >= 4 is 27.5 Å². The van der Waals surface area contributed by atoms with Crippen molar-refractivity contribution in [1.82, 2.24) is 10.2 Å². The fourth-order valence-electron chi connectivity index (χ4n) is 1.87. The minimum atomic E-state index is -0.447. The molecule has 0 radical (unpaired) electrons. The molecular formula is C16H12BrN3O2. The molecule has 0 aliphatic carbocycles. The molecular weight excluding hydrogens is 346 g/mol. The third-order valence-corrected chi connectivity index (χ3v) is 3.73. The fraction of sp³-hybridized carbons (Fsp3) is 0.0625. The standard InChI is InChI=1S/C16H12BrN3O2/c1-10-6-8-11(9-7-10)15-19-20-16(22-15)14(21)18-13-5-3-2-4-12(13)17/h2-9H,1H3,(H,18,21). The second-order valence-corrected chi connectivity index (χ2v) is 5.57. The Balaban J connectivity index is 1.80. The maximum Gasteiger partial charge on any atom is 0.313 e. The molecule has 3 rings (SSSR count). The quantitative estimate of drug-likeness (QED) is 0.767. The Morgan fingerprint density at radius 2 is 1.82 bits per heavy atom. The van der Waals surface area contributed by atoms with Gasteiger partial charge in [0.15, 0.2) is 0 Å². The molecule has 0 saturated carbocycles. The predicted molar refractivity (Wildman–Crippen MR) is 86.6 cm³/mol. The van der Waals surface area contributed by atoms with Gasteiger partial charge in [-0.1, -0.05) is 29.8 Å². The minimum absolute atomic E-state index is 0.0775. The summed E-state index contributed by atoms with van der Waals surface area (Å²) in [6.45, 7) is 1.99. The number of anilines is 1. The Morgan fingerprint density at radius 3 is 2.55 bits per heavy atom.